The summed E-state index contributed by atoms with van der Waals surface area (Å²) in [4.78, 5) is 3.49. The average Bonchev–Trinajstić information content (AvgIpc) is 1.99. The zero-order chi connectivity index (χ0) is 8.27. The van der Waals surface area contributed by atoms with Gasteiger partial charge in [-0.25, -0.2) is 9.37 Å². The van der Waals surface area contributed by atoms with E-state index in [1.165, 1.54) is 12.3 Å². The van der Waals surface area contributed by atoms with Crippen molar-refractivity contribution in [2.75, 3.05) is 6.86 Å². The molecule has 0 fully saturated rings. The van der Waals surface area contributed by atoms with Crippen LogP contribution < -0.4 is 4.74 Å². The molecule has 0 aromatic carbocycles. The van der Waals surface area contributed by atoms with Crippen LogP contribution in [0.3, 0.4) is 0 Å². The molecule has 2 nitrogen and oxygen atoms in total. The Hall–Kier alpha value is -0.460. The summed E-state index contributed by atoms with van der Waals surface area (Å²) in [6, 6.07) is 1.47. The van der Waals surface area contributed by atoms with Crippen LogP contribution in [0.2, 0.25) is 0 Å². The van der Waals surface area contributed by atoms with E-state index in [4.69, 9.17) is 0 Å². The Bertz CT molecular complexity index is 256. The molecular formula is C6H4F2INO. The van der Waals surface area contributed by atoms with E-state index < -0.39 is 12.7 Å². The molecule has 0 saturated carbocycles. The minimum absolute atomic E-state index is 0.292. The highest BCUT2D eigenvalue weighted by atomic mass is 127. The van der Waals surface area contributed by atoms with E-state index in [0.717, 1.165) is 0 Å². The Morgan fingerprint density at radius 2 is 2.36 bits per heavy atom. The van der Waals surface area contributed by atoms with Gasteiger partial charge < -0.3 is 4.74 Å². The van der Waals surface area contributed by atoms with Gasteiger partial charge in [0.15, 0.2) is 5.82 Å². The Kier molecular flexibility index (Phi) is 2.98. The van der Waals surface area contributed by atoms with Gasteiger partial charge in [0.05, 0.1) is 3.57 Å². The molecule has 1 aromatic heterocycles. The first kappa shape index (κ1) is 8.63. The fraction of sp³-hybridized carbons (Fsp3) is 0.167. The van der Waals surface area contributed by atoms with Crippen LogP contribution in [0.5, 0.6) is 5.88 Å². The van der Waals surface area contributed by atoms with Gasteiger partial charge in [-0.2, -0.15) is 4.39 Å². The minimum Gasteiger partial charge on any atom is -0.444 e. The van der Waals surface area contributed by atoms with E-state index in [1.54, 1.807) is 22.6 Å². The summed E-state index contributed by atoms with van der Waals surface area (Å²) in [5, 5.41) is 0. The molecule has 5 heteroatoms. The number of hydrogen-bond donors (Lipinski definition) is 0. The van der Waals surface area contributed by atoms with Crippen molar-refractivity contribution in [2.45, 2.75) is 0 Å². The molecule has 0 radical (unpaired) electrons. The van der Waals surface area contributed by atoms with Gasteiger partial charge in [0.1, 0.15) is 0 Å². The fourth-order valence-corrected chi connectivity index (χ4v) is 0.946. The van der Waals surface area contributed by atoms with Gasteiger partial charge in [-0.3, -0.25) is 0 Å². The zero-order valence-corrected chi connectivity index (χ0v) is 7.51. The molecule has 0 spiro atoms. The van der Waals surface area contributed by atoms with Crippen LogP contribution in [0.15, 0.2) is 12.3 Å². The third-order valence-corrected chi connectivity index (χ3v) is 1.83. The number of hydrogen-bond acceptors (Lipinski definition) is 2. The van der Waals surface area contributed by atoms with Gasteiger partial charge in [-0.05, 0) is 28.7 Å². The monoisotopic (exact) mass is 271 g/mol. The van der Waals surface area contributed by atoms with Crippen molar-refractivity contribution < 1.29 is 13.5 Å². The zero-order valence-electron chi connectivity index (χ0n) is 5.35. The number of pyridine rings is 1. The van der Waals surface area contributed by atoms with Crippen LogP contribution >= 0.6 is 22.6 Å². The largest absolute Gasteiger partial charge is 0.444 e. The van der Waals surface area contributed by atoms with Crippen LogP contribution in [-0.2, 0) is 0 Å². The first-order chi connectivity index (χ1) is 5.25. The predicted octanol–water partition coefficient (Wildman–Crippen LogP) is 2.13. The van der Waals surface area contributed by atoms with E-state index in [1.807, 2.05) is 0 Å². The Balaban J connectivity index is 2.96. The van der Waals surface area contributed by atoms with Crippen molar-refractivity contribution in [1.29, 1.82) is 0 Å². The van der Waals surface area contributed by atoms with Gasteiger partial charge in [0, 0.05) is 6.20 Å². The molecule has 11 heavy (non-hydrogen) atoms. The summed E-state index contributed by atoms with van der Waals surface area (Å²) in [5.74, 6) is -0.912. The molecule has 0 aliphatic carbocycles. The van der Waals surface area contributed by atoms with Crippen molar-refractivity contribution in [3.63, 3.8) is 0 Å². The normalized spacial score (nSPS) is 9.73. The molecule has 0 unspecified atom stereocenters. The Labute approximate surface area is 75.7 Å². The highest BCUT2D eigenvalue weighted by Gasteiger charge is 2.07. The first-order valence-corrected chi connectivity index (χ1v) is 3.82. The highest BCUT2D eigenvalue weighted by Crippen LogP contribution is 2.18. The summed E-state index contributed by atoms with van der Waals surface area (Å²) in [5.41, 5.74) is 0. The van der Waals surface area contributed by atoms with E-state index in [9.17, 15) is 8.78 Å². The Morgan fingerprint density at radius 1 is 1.64 bits per heavy atom. The number of aromatic nitrogens is 1. The van der Waals surface area contributed by atoms with Crippen molar-refractivity contribution in [3.05, 3.63) is 21.7 Å². The van der Waals surface area contributed by atoms with Crippen molar-refractivity contribution in [1.82, 2.24) is 4.98 Å². The molecule has 0 aliphatic rings. The molecule has 1 rings (SSSR count). The lowest BCUT2D eigenvalue weighted by atomic mass is 10.5. The molecule has 0 bridgehead atoms. The summed E-state index contributed by atoms with van der Waals surface area (Å²) in [6.45, 7) is -1.07. The molecule has 1 heterocycles. The second-order valence-electron chi connectivity index (χ2n) is 1.67. The van der Waals surface area contributed by atoms with E-state index in [2.05, 4.69) is 9.72 Å². The Morgan fingerprint density at radius 3 is 3.00 bits per heavy atom. The molecule has 1 aromatic rings. The maximum Gasteiger partial charge on any atom is 0.253 e. The first-order valence-electron chi connectivity index (χ1n) is 2.74. The third kappa shape index (κ3) is 1.98. The maximum absolute atomic E-state index is 12.8. The summed E-state index contributed by atoms with van der Waals surface area (Å²) in [6.07, 6.45) is 1.36. The van der Waals surface area contributed by atoms with Crippen LogP contribution in [0.25, 0.3) is 0 Å². The van der Waals surface area contributed by atoms with Gasteiger partial charge in [0.25, 0.3) is 5.88 Å². The number of halogens is 3. The minimum atomic E-state index is -1.07. The summed E-state index contributed by atoms with van der Waals surface area (Å²) >= 11 is 1.77. The quantitative estimate of drug-likeness (QED) is 0.769. The molecule has 0 aliphatic heterocycles. The highest BCUT2D eigenvalue weighted by molar-refractivity contribution is 14.1. The maximum atomic E-state index is 12.8. The molecule has 0 saturated heterocycles. The van der Waals surface area contributed by atoms with Crippen LogP contribution in [0.4, 0.5) is 8.78 Å². The molecular weight excluding hydrogens is 267 g/mol. The number of ether oxygens (including phenoxy) is 1. The smallest absolute Gasteiger partial charge is 0.253 e. The van der Waals surface area contributed by atoms with Crippen LogP contribution in [-0.4, -0.2) is 11.8 Å². The fourth-order valence-electron chi connectivity index (χ4n) is 0.555. The summed E-state index contributed by atoms with van der Waals surface area (Å²) in [7, 11) is 0. The van der Waals surface area contributed by atoms with Crippen molar-refractivity contribution >= 4 is 22.6 Å². The predicted molar refractivity (Wildman–Crippen MR) is 43.5 cm³/mol. The third-order valence-electron chi connectivity index (χ3n) is 1.00. The second kappa shape index (κ2) is 3.80. The number of alkyl halides is 1. The second-order valence-corrected chi connectivity index (χ2v) is 2.83. The van der Waals surface area contributed by atoms with Crippen molar-refractivity contribution in [3.8, 4) is 5.88 Å². The van der Waals surface area contributed by atoms with Gasteiger partial charge in [-0.1, -0.05) is 0 Å². The SMILES string of the molecule is FCOc1nccc(I)c1F. The molecule has 0 atom stereocenters. The van der Waals surface area contributed by atoms with Gasteiger partial charge in [-0.15, -0.1) is 0 Å². The number of rotatable bonds is 2. The standard InChI is InChI=1S/C6H4F2INO/c7-3-11-6-5(8)4(9)1-2-10-6/h1-2H,3H2. The topological polar surface area (TPSA) is 22.1 Å². The van der Waals surface area contributed by atoms with Crippen LogP contribution in [0, 0.1) is 9.39 Å². The lowest BCUT2D eigenvalue weighted by Crippen LogP contribution is -1.97. The van der Waals surface area contributed by atoms with Crippen LogP contribution in [0.1, 0.15) is 0 Å². The molecule has 60 valence electrons. The molecule has 0 amide bonds. The van der Waals surface area contributed by atoms with E-state index in [-0.39, 0.29) is 5.88 Å². The average molecular weight is 271 g/mol. The lowest BCUT2D eigenvalue weighted by molar-refractivity contribution is 0.176. The van der Waals surface area contributed by atoms with E-state index >= 15 is 0 Å². The number of nitrogens with zero attached hydrogens (tertiary/aromatic N) is 1. The van der Waals surface area contributed by atoms with E-state index in [0.29, 0.717) is 3.57 Å². The summed E-state index contributed by atoms with van der Waals surface area (Å²) < 4.78 is 29.0. The van der Waals surface area contributed by atoms with Gasteiger partial charge >= 0.3 is 0 Å². The molecule has 0 N–H and O–H groups in total. The van der Waals surface area contributed by atoms with Gasteiger partial charge in [0.2, 0.25) is 6.86 Å². The van der Waals surface area contributed by atoms with Crippen molar-refractivity contribution in [2.24, 2.45) is 0 Å². The lowest BCUT2D eigenvalue weighted by Gasteiger charge is -2.00.